The molecule has 0 bridgehead atoms. The van der Waals surface area contributed by atoms with E-state index in [0.717, 1.165) is 7.11 Å². The summed E-state index contributed by atoms with van der Waals surface area (Å²) in [6.45, 7) is 19.2. The normalized spacial score (nSPS) is 26.1. The molecule has 2 aliphatic rings. The van der Waals surface area contributed by atoms with E-state index in [4.69, 9.17) is 28.1 Å². The highest BCUT2D eigenvalue weighted by atomic mass is 28.4. The predicted molar refractivity (Wildman–Crippen MR) is 171 cm³/mol. The fourth-order valence-corrected chi connectivity index (χ4v) is 7.60. The van der Waals surface area contributed by atoms with Gasteiger partial charge in [-0.1, -0.05) is 32.8 Å². The topological polar surface area (TPSA) is 206 Å². The molecule has 2 amide bonds. The van der Waals surface area contributed by atoms with Gasteiger partial charge in [-0.15, -0.1) is 0 Å². The van der Waals surface area contributed by atoms with Crippen LogP contribution >= 0.6 is 0 Å². The molecule has 0 spiro atoms. The van der Waals surface area contributed by atoms with Crippen LogP contribution in [-0.4, -0.2) is 108 Å². The third-order valence-corrected chi connectivity index (χ3v) is 13.9. The van der Waals surface area contributed by atoms with Gasteiger partial charge in [-0.25, -0.2) is 4.79 Å². The van der Waals surface area contributed by atoms with Gasteiger partial charge in [0.1, 0.15) is 42.5 Å². The molecular formula is C30H53N5O11Si. The molecule has 0 aromatic rings. The largest absolute Gasteiger partial charge is 0.469 e. The van der Waals surface area contributed by atoms with E-state index in [1.807, 2.05) is 0 Å². The van der Waals surface area contributed by atoms with E-state index in [9.17, 15) is 24.7 Å². The van der Waals surface area contributed by atoms with Crippen LogP contribution in [0, 0.1) is 5.92 Å². The fourth-order valence-electron chi connectivity index (χ4n) is 5.13. The van der Waals surface area contributed by atoms with Gasteiger partial charge in [0, 0.05) is 11.3 Å². The molecule has 2 rings (SSSR count). The van der Waals surface area contributed by atoms with Gasteiger partial charge in [0.25, 0.3) is 0 Å². The second-order valence-corrected chi connectivity index (χ2v) is 18.3. The average molecular weight is 688 g/mol. The van der Waals surface area contributed by atoms with Gasteiger partial charge in [-0.05, 0) is 63.7 Å². The van der Waals surface area contributed by atoms with Crippen LogP contribution < -0.4 is 10.6 Å². The van der Waals surface area contributed by atoms with Gasteiger partial charge in [0.15, 0.2) is 20.4 Å². The van der Waals surface area contributed by atoms with Gasteiger partial charge >= 0.3 is 11.9 Å². The lowest BCUT2D eigenvalue weighted by atomic mass is 9.95. The SMILES string of the molecule is COC(=O)CC[C@@H](NC(=O)[C@H](C)NC(=O)[C@@H](C)O[C@@H]1[C@@H](N=[N+]=[N-])[C@H](O[Si](C)(C)C(C)(C)C(C)C)O[C@@H]2COC(C)(C)O[C@@H]12)C(=O)OC. The Morgan fingerprint density at radius 1 is 1.06 bits per heavy atom. The van der Waals surface area contributed by atoms with Crippen LogP contribution in [0.5, 0.6) is 0 Å². The Hall–Kier alpha value is -2.79. The molecule has 47 heavy (non-hydrogen) atoms. The highest BCUT2D eigenvalue weighted by Gasteiger charge is 2.55. The minimum absolute atomic E-state index is 0.0598. The van der Waals surface area contributed by atoms with Crippen LogP contribution in [0.25, 0.3) is 10.4 Å². The van der Waals surface area contributed by atoms with Crippen LogP contribution in [0.15, 0.2) is 5.11 Å². The number of fused-ring (bicyclic) bond motifs is 1. The molecule has 8 atom stereocenters. The molecule has 0 aromatic heterocycles. The molecule has 2 fully saturated rings. The molecule has 2 N–H and O–H groups in total. The second-order valence-electron chi connectivity index (χ2n) is 13.7. The zero-order valence-electron chi connectivity index (χ0n) is 29.6. The number of esters is 2. The molecule has 0 aromatic carbocycles. The number of nitrogens with zero attached hydrogens (tertiary/aromatic N) is 3. The summed E-state index contributed by atoms with van der Waals surface area (Å²) in [4.78, 5) is 53.1. The molecule has 2 saturated heterocycles. The molecule has 0 aliphatic carbocycles. The van der Waals surface area contributed by atoms with Crippen LogP contribution in [-0.2, 0) is 52.0 Å². The smallest absolute Gasteiger partial charge is 0.328 e. The number of nitrogens with one attached hydrogen (secondary N) is 2. The summed E-state index contributed by atoms with van der Waals surface area (Å²) in [5.41, 5.74) is 9.59. The highest BCUT2D eigenvalue weighted by Crippen LogP contribution is 2.46. The Balaban J connectivity index is 2.28. The van der Waals surface area contributed by atoms with Crippen LogP contribution in [0.2, 0.25) is 18.1 Å². The quantitative estimate of drug-likeness (QED) is 0.0841. The van der Waals surface area contributed by atoms with E-state index in [1.54, 1.807) is 13.8 Å². The van der Waals surface area contributed by atoms with Crippen molar-refractivity contribution in [3.05, 3.63) is 10.4 Å². The van der Waals surface area contributed by atoms with Crippen molar-refractivity contribution in [3.8, 4) is 0 Å². The molecule has 16 nitrogen and oxygen atoms in total. The predicted octanol–water partition coefficient (Wildman–Crippen LogP) is 3.09. The molecule has 0 saturated carbocycles. The second kappa shape index (κ2) is 16.5. The van der Waals surface area contributed by atoms with Gasteiger partial charge < -0.3 is 43.5 Å². The van der Waals surface area contributed by atoms with Crippen LogP contribution in [0.1, 0.15) is 68.2 Å². The van der Waals surface area contributed by atoms with E-state index >= 15 is 0 Å². The number of rotatable bonds is 15. The molecule has 17 heteroatoms. The summed E-state index contributed by atoms with van der Waals surface area (Å²) in [6.07, 6.45) is -4.80. The standard InChI is InChI=1S/C30H53N5O11Si/c1-16(2)29(5,6)47(11,12)46-28-22(34-35-31)24(23-20(44-28)15-42-30(7,8)45-23)43-18(4)26(38)32-17(3)25(37)33-19(27(39)41-10)13-14-21(36)40-9/h16-20,22-24,28H,13-15H2,1-12H3,(H,32,38)(H,33,37)/t17-,18+,19+,20+,22+,23+,24+,28-/m0/s1. The maximum Gasteiger partial charge on any atom is 0.328 e. The van der Waals surface area contributed by atoms with Crippen LogP contribution in [0.4, 0.5) is 0 Å². The number of methoxy groups -OCH3 is 2. The van der Waals surface area contributed by atoms with Crippen molar-refractivity contribution >= 4 is 32.1 Å². The molecule has 2 aliphatic heterocycles. The zero-order valence-corrected chi connectivity index (χ0v) is 30.6. The lowest BCUT2D eigenvalue weighted by Crippen LogP contribution is -2.67. The Kier molecular flexibility index (Phi) is 14.2. The van der Waals surface area contributed by atoms with Crippen molar-refractivity contribution in [3.63, 3.8) is 0 Å². The first-order valence-corrected chi connectivity index (χ1v) is 18.7. The summed E-state index contributed by atoms with van der Waals surface area (Å²) in [7, 11) is -0.165. The minimum Gasteiger partial charge on any atom is -0.469 e. The number of azide groups is 1. The molecule has 0 unspecified atom stereocenters. The van der Waals surface area contributed by atoms with Crippen molar-refractivity contribution in [1.82, 2.24) is 10.6 Å². The number of hydrogen-bond acceptors (Lipinski definition) is 12. The molecule has 268 valence electrons. The van der Waals surface area contributed by atoms with Crippen molar-refractivity contribution in [2.75, 3.05) is 20.8 Å². The number of carbonyl (C=O) groups is 4. The average Bonchev–Trinajstić information content (AvgIpc) is 2.99. The molecule has 2 heterocycles. The first-order chi connectivity index (χ1) is 21.7. The first kappa shape index (κ1) is 40.4. The third kappa shape index (κ3) is 10.3. The molecular weight excluding hydrogens is 634 g/mol. The summed E-state index contributed by atoms with van der Waals surface area (Å²) >= 11 is 0. The summed E-state index contributed by atoms with van der Waals surface area (Å²) < 4.78 is 40.7. The maximum absolute atomic E-state index is 13.3. The van der Waals surface area contributed by atoms with Gasteiger partial charge in [0.2, 0.25) is 11.8 Å². The van der Waals surface area contributed by atoms with Crippen molar-refractivity contribution in [2.45, 2.75) is 141 Å². The minimum atomic E-state index is -2.53. The number of carbonyl (C=O) groups excluding carboxylic acids is 4. The van der Waals surface area contributed by atoms with Crippen molar-refractivity contribution < 1.29 is 52.0 Å². The summed E-state index contributed by atoms with van der Waals surface area (Å²) in [5, 5.41) is 8.91. The molecule has 0 radical (unpaired) electrons. The van der Waals surface area contributed by atoms with E-state index in [-0.39, 0.29) is 30.4 Å². The highest BCUT2D eigenvalue weighted by molar-refractivity contribution is 6.74. The van der Waals surface area contributed by atoms with E-state index < -0.39 is 86.7 Å². The number of hydrogen-bond donors (Lipinski definition) is 2. The number of ether oxygens (including phenoxy) is 6. The lowest BCUT2D eigenvalue weighted by Gasteiger charge is -2.53. The van der Waals surface area contributed by atoms with Crippen molar-refractivity contribution in [1.29, 1.82) is 0 Å². The monoisotopic (exact) mass is 687 g/mol. The van der Waals surface area contributed by atoms with Gasteiger partial charge in [-0.2, -0.15) is 0 Å². The van der Waals surface area contributed by atoms with Crippen molar-refractivity contribution in [2.24, 2.45) is 11.0 Å². The van der Waals surface area contributed by atoms with E-state index in [1.165, 1.54) is 21.0 Å². The Labute approximate surface area is 277 Å². The first-order valence-electron chi connectivity index (χ1n) is 15.8. The Morgan fingerprint density at radius 2 is 1.70 bits per heavy atom. The van der Waals surface area contributed by atoms with E-state index in [0.29, 0.717) is 0 Å². The van der Waals surface area contributed by atoms with Crippen LogP contribution in [0.3, 0.4) is 0 Å². The maximum atomic E-state index is 13.3. The summed E-state index contributed by atoms with van der Waals surface area (Å²) in [6, 6.07) is -3.27. The van der Waals surface area contributed by atoms with Gasteiger partial charge in [-0.3, -0.25) is 14.4 Å². The van der Waals surface area contributed by atoms with E-state index in [2.05, 4.69) is 66.2 Å². The van der Waals surface area contributed by atoms with Gasteiger partial charge in [0.05, 0.1) is 20.8 Å². The zero-order chi connectivity index (χ0) is 35.9. The summed E-state index contributed by atoms with van der Waals surface area (Å²) in [5.74, 6) is -3.39. The fraction of sp³-hybridized carbons (Fsp3) is 0.867. The Bertz CT molecular complexity index is 1180. The lowest BCUT2D eigenvalue weighted by molar-refractivity contribution is -0.365. The Morgan fingerprint density at radius 3 is 2.26 bits per heavy atom. The third-order valence-electron chi connectivity index (χ3n) is 9.37. The number of amides is 2.